The third-order valence-corrected chi connectivity index (χ3v) is 2.75. The summed E-state index contributed by atoms with van der Waals surface area (Å²) >= 11 is 0. The molecule has 0 heterocycles. The second-order valence-electron chi connectivity index (χ2n) is 7.68. The van der Waals surface area contributed by atoms with Gasteiger partial charge in [-0.15, -0.1) is 0 Å². The first-order valence-corrected chi connectivity index (χ1v) is 7.36. The van der Waals surface area contributed by atoms with E-state index >= 15 is 0 Å². The molecule has 0 saturated heterocycles. The van der Waals surface area contributed by atoms with E-state index in [1.165, 1.54) is 6.42 Å². The van der Waals surface area contributed by atoms with Gasteiger partial charge in [0.25, 0.3) is 0 Å². The molecule has 0 heteroatoms. The van der Waals surface area contributed by atoms with Crippen LogP contribution in [0.3, 0.4) is 0 Å². The first-order valence-electron chi connectivity index (χ1n) is 7.36. The van der Waals surface area contributed by atoms with E-state index in [1.54, 1.807) is 0 Å². The zero-order valence-electron chi connectivity index (χ0n) is 14.9. The van der Waals surface area contributed by atoms with Crippen molar-refractivity contribution in [1.82, 2.24) is 0 Å². The Balaban J connectivity index is -0.000000202. The quantitative estimate of drug-likeness (QED) is 0.476. The Hall–Kier alpha value is 0. The van der Waals surface area contributed by atoms with Gasteiger partial charge in [0.1, 0.15) is 0 Å². The zero-order valence-corrected chi connectivity index (χ0v) is 14.9. The molecule has 0 fully saturated rings. The van der Waals surface area contributed by atoms with Crippen molar-refractivity contribution in [2.75, 3.05) is 0 Å². The molecule has 17 heavy (non-hydrogen) atoms. The van der Waals surface area contributed by atoms with Gasteiger partial charge in [-0.2, -0.15) is 0 Å². The zero-order chi connectivity index (χ0) is 14.9. The van der Waals surface area contributed by atoms with Crippen molar-refractivity contribution in [2.45, 2.75) is 89.5 Å². The molecule has 0 aromatic heterocycles. The average Bonchev–Trinajstić information content (AvgIpc) is 2.02. The highest BCUT2D eigenvalue weighted by atomic mass is 14.2. The third kappa shape index (κ3) is 25.9. The highest BCUT2D eigenvalue weighted by Crippen LogP contribution is 2.24. The van der Waals surface area contributed by atoms with Crippen LogP contribution in [0.2, 0.25) is 0 Å². The van der Waals surface area contributed by atoms with Crippen LogP contribution in [0, 0.1) is 22.7 Å². The Labute approximate surface area is 113 Å². The molecule has 0 spiro atoms. The van der Waals surface area contributed by atoms with Gasteiger partial charge < -0.3 is 0 Å². The summed E-state index contributed by atoms with van der Waals surface area (Å²) in [6.07, 6.45) is 1.33. The van der Waals surface area contributed by atoms with E-state index in [9.17, 15) is 0 Å². The molecule has 0 rings (SSSR count). The molecular formula is C17H40. The van der Waals surface area contributed by atoms with Crippen LogP contribution < -0.4 is 0 Å². The molecule has 0 unspecified atom stereocenters. The Morgan fingerprint density at radius 3 is 0.941 bits per heavy atom. The third-order valence-electron chi connectivity index (χ3n) is 2.75. The highest BCUT2D eigenvalue weighted by molar-refractivity contribution is 4.64. The fourth-order valence-corrected chi connectivity index (χ4v) is 1.22. The predicted molar refractivity (Wildman–Crippen MR) is 84.6 cm³/mol. The van der Waals surface area contributed by atoms with E-state index < -0.39 is 0 Å². The highest BCUT2D eigenvalue weighted by Gasteiger charge is 2.13. The van der Waals surface area contributed by atoms with Crippen molar-refractivity contribution in [1.29, 1.82) is 0 Å². The Kier molecular flexibility index (Phi) is 13.0. The molecule has 0 aliphatic carbocycles. The molecule has 108 valence electrons. The number of rotatable bonds is 1. The molecular weight excluding hydrogens is 204 g/mol. The van der Waals surface area contributed by atoms with Crippen molar-refractivity contribution in [2.24, 2.45) is 22.7 Å². The van der Waals surface area contributed by atoms with Gasteiger partial charge in [0.15, 0.2) is 0 Å². The summed E-state index contributed by atoms with van der Waals surface area (Å²) in [6, 6.07) is 0. The summed E-state index contributed by atoms with van der Waals surface area (Å²) in [5.41, 5.74) is 1.02. The maximum absolute atomic E-state index is 2.28. The second-order valence-corrected chi connectivity index (χ2v) is 7.68. The summed E-state index contributed by atoms with van der Waals surface area (Å²) < 4.78 is 0. The van der Waals surface area contributed by atoms with Crippen LogP contribution in [0.1, 0.15) is 89.5 Å². The first-order chi connectivity index (χ1) is 7.36. The molecule has 0 aromatic carbocycles. The van der Waals surface area contributed by atoms with Crippen molar-refractivity contribution < 1.29 is 0 Å². The van der Waals surface area contributed by atoms with Crippen molar-refractivity contribution in [3.8, 4) is 0 Å². The van der Waals surface area contributed by atoms with Crippen molar-refractivity contribution in [3.05, 3.63) is 0 Å². The lowest BCUT2D eigenvalue weighted by atomic mass is 9.84. The van der Waals surface area contributed by atoms with Crippen LogP contribution in [-0.4, -0.2) is 0 Å². The average molecular weight is 245 g/mol. The second kappa shape index (κ2) is 9.97. The standard InChI is InChI=1S/C8H18.C7H16.C2H6/c1-7(2)6-8(3,4)5;1-6(2)7(3,4)5;1-2/h7H,6H2,1-5H3;6H,1-5H3;1-2H3. The largest absolute Gasteiger partial charge is 0.0683 e. The van der Waals surface area contributed by atoms with Crippen LogP contribution in [0.5, 0.6) is 0 Å². The molecule has 0 saturated carbocycles. The molecule has 0 N–H and O–H groups in total. The van der Waals surface area contributed by atoms with E-state index in [4.69, 9.17) is 0 Å². The lowest BCUT2D eigenvalue weighted by Crippen LogP contribution is -2.12. The summed E-state index contributed by atoms with van der Waals surface area (Å²) in [5.74, 6) is 1.64. The first kappa shape index (κ1) is 22.2. The van der Waals surface area contributed by atoms with E-state index in [1.807, 2.05) is 13.8 Å². The number of hydrogen-bond donors (Lipinski definition) is 0. The van der Waals surface area contributed by atoms with Gasteiger partial charge in [-0.1, -0.05) is 83.1 Å². The van der Waals surface area contributed by atoms with Crippen LogP contribution in [-0.2, 0) is 0 Å². The molecule has 0 aliphatic rings. The normalized spacial score (nSPS) is 11.6. The van der Waals surface area contributed by atoms with Crippen LogP contribution in [0.25, 0.3) is 0 Å². The fourth-order valence-electron chi connectivity index (χ4n) is 1.22. The number of hydrogen-bond acceptors (Lipinski definition) is 0. The van der Waals surface area contributed by atoms with Crippen molar-refractivity contribution >= 4 is 0 Å². The van der Waals surface area contributed by atoms with E-state index in [2.05, 4.69) is 69.2 Å². The van der Waals surface area contributed by atoms with Gasteiger partial charge in [-0.3, -0.25) is 0 Å². The van der Waals surface area contributed by atoms with Gasteiger partial charge in [0.2, 0.25) is 0 Å². The summed E-state index contributed by atoms with van der Waals surface area (Å²) in [7, 11) is 0. The monoisotopic (exact) mass is 244 g/mol. The Morgan fingerprint density at radius 2 is 0.941 bits per heavy atom. The SMILES string of the molecule is CC.CC(C)C(C)(C)C.CC(C)CC(C)(C)C. The lowest BCUT2D eigenvalue weighted by molar-refractivity contribution is 0.283. The van der Waals surface area contributed by atoms with E-state index in [0.717, 1.165) is 11.8 Å². The van der Waals surface area contributed by atoms with Crippen LogP contribution in [0.15, 0.2) is 0 Å². The molecule has 0 aliphatic heterocycles. The summed E-state index contributed by atoms with van der Waals surface area (Å²) in [5, 5.41) is 0. The van der Waals surface area contributed by atoms with E-state index in [-0.39, 0.29) is 0 Å². The minimum Gasteiger partial charge on any atom is -0.0683 e. The minimum absolute atomic E-state index is 0.500. The smallest absolute Gasteiger partial charge is 0.0360 e. The lowest BCUT2D eigenvalue weighted by Gasteiger charge is -2.22. The molecule has 0 amide bonds. The fraction of sp³-hybridized carbons (Fsp3) is 1.00. The maximum Gasteiger partial charge on any atom is -0.0360 e. The van der Waals surface area contributed by atoms with Crippen LogP contribution in [0.4, 0.5) is 0 Å². The van der Waals surface area contributed by atoms with Gasteiger partial charge in [0, 0.05) is 0 Å². The molecule has 0 bridgehead atoms. The molecule has 0 radical (unpaired) electrons. The summed E-state index contributed by atoms with van der Waals surface area (Å²) in [6.45, 7) is 26.7. The Morgan fingerprint density at radius 1 is 0.706 bits per heavy atom. The van der Waals surface area contributed by atoms with Gasteiger partial charge in [-0.25, -0.2) is 0 Å². The molecule has 0 nitrogen and oxygen atoms in total. The van der Waals surface area contributed by atoms with Crippen molar-refractivity contribution in [3.63, 3.8) is 0 Å². The minimum atomic E-state index is 0.500. The maximum atomic E-state index is 2.28. The van der Waals surface area contributed by atoms with Crippen LogP contribution >= 0.6 is 0 Å². The van der Waals surface area contributed by atoms with Gasteiger partial charge in [-0.05, 0) is 29.1 Å². The van der Waals surface area contributed by atoms with Gasteiger partial charge in [0.05, 0.1) is 0 Å². The van der Waals surface area contributed by atoms with Gasteiger partial charge >= 0.3 is 0 Å². The topological polar surface area (TPSA) is 0 Å². The summed E-state index contributed by atoms with van der Waals surface area (Å²) in [4.78, 5) is 0. The van der Waals surface area contributed by atoms with E-state index in [0.29, 0.717) is 10.8 Å². The molecule has 0 aromatic rings. The Bertz CT molecular complexity index is 138. The molecule has 0 atom stereocenters. The predicted octanol–water partition coefficient (Wildman–Crippen LogP) is 6.79.